The zero-order valence-corrected chi connectivity index (χ0v) is 10.1. The van der Waals surface area contributed by atoms with Gasteiger partial charge in [0.15, 0.2) is 0 Å². The van der Waals surface area contributed by atoms with E-state index < -0.39 is 0 Å². The molecule has 2 heterocycles. The van der Waals surface area contributed by atoms with Crippen LogP contribution < -0.4 is 5.32 Å². The second-order valence-electron chi connectivity index (χ2n) is 4.35. The van der Waals surface area contributed by atoms with Crippen molar-refractivity contribution in [1.82, 2.24) is 15.1 Å². The van der Waals surface area contributed by atoms with Crippen LogP contribution in [0.4, 0.5) is 0 Å². The highest BCUT2D eigenvalue weighted by Gasteiger charge is 2.17. The number of ether oxygens (including phenoxy) is 1. The molecule has 1 N–H and O–H groups in total. The average Bonchev–Trinajstić information content (AvgIpc) is 2.81. The Kier molecular flexibility index (Phi) is 3.96. The second kappa shape index (κ2) is 5.46. The molecule has 1 aromatic heterocycles. The third-order valence-corrected chi connectivity index (χ3v) is 3.35. The van der Waals surface area contributed by atoms with Crippen LogP contribution in [0.5, 0.6) is 0 Å². The van der Waals surface area contributed by atoms with E-state index >= 15 is 0 Å². The van der Waals surface area contributed by atoms with Crippen molar-refractivity contribution in [2.45, 2.75) is 38.3 Å². The normalized spacial score (nSPS) is 19.9. The summed E-state index contributed by atoms with van der Waals surface area (Å²) in [6, 6.07) is 0.949. The lowest BCUT2D eigenvalue weighted by Crippen LogP contribution is -2.20. The summed E-state index contributed by atoms with van der Waals surface area (Å²) in [4.78, 5) is 0. The molecule has 0 bridgehead atoms. The number of aromatic nitrogens is 2. The Labute approximate surface area is 97.0 Å². The number of nitrogens with one attached hydrogen (secondary N) is 1. The van der Waals surface area contributed by atoms with Crippen molar-refractivity contribution in [3.05, 3.63) is 18.0 Å². The molecule has 1 fully saturated rings. The summed E-state index contributed by atoms with van der Waals surface area (Å²) in [6.45, 7) is 3.92. The molecule has 0 aliphatic carbocycles. The summed E-state index contributed by atoms with van der Waals surface area (Å²) in [5, 5.41) is 7.78. The fraction of sp³-hybridized carbons (Fsp3) is 0.750. The van der Waals surface area contributed by atoms with Gasteiger partial charge in [-0.05, 0) is 26.3 Å². The van der Waals surface area contributed by atoms with Crippen LogP contribution in [0, 0.1) is 0 Å². The minimum absolute atomic E-state index is 0.425. The molecule has 90 valence electrons. The van der Waals surface area contributed by atoms with E-state index in [-0.39, 0.29) is 0 Å². The van der Waals surface area contributed by atoms with Crippen LogP contribution in [0.3, 0.4) is 0 Å². The van der Waals surface area contributed by atoms with Gasteiger partial charge in [-0.3, -0.25) is 4.68 Å². The molecule has 0 aromatic carbocycles. The van der Waals surface area contributed by atoms with Gasteiger partial charge in [-0.2, -0.15) is 5.10 Å². The standard InChI is InChI=1S/C12H21N3O/c1-3-12(13-2)10-8-14-15(9-10)11-4-6-16-7-5-11/h8-9,11-13H,3-7H2,1-2H3. The van der Waals surface area contributed by atoms with Gasteiger partial charge in [0.1, 0.15) is 0 Å². The number of hydrogen-bond donors (Lipinski definition) is 1. The van der Waals surface area contributed by atoms with E-state index in [9.17, 15) is 0 Å². The van der Waals surface area contributed by atoms with Crippen LogP contribution >= 0.6 is 0 Å². The molecule has 1 aliphatic heterocycles. The van der Waals surface area contributed by atoms with E-state index in [0.29, 0.717) is 12.1 Å². The minimum Gasteiger partial charge on any atom is -0.381 e. The molecule has 0 amide bonds. The first-order valence-electron chi connectivity index (χ1n) is 6.14. The molecule has 1 aromatic rings. The molecule has 1 unspecified atom stereocenters. The van der Waals surface area contributed by atoms with E-state index in [2.05, 4.69) is 28.2 Å². The summed E-state index contributed by atoms with van der Waals surface area (Å²) in [5.74, 6) is 0. The third-order valence-electron chi connectivity index (χ3n) is 3.35. The van der Waals surface area contributed by atoms with Crippen LogP contribution in [-0.2, 0) is 4.74 Å². The Bertz CT molecular complexity index is 314. The molecule has 0 saturated carbocycles. The predicted molar refractivity (Wildman–Crippen MR) is 63.4 cm³/mol. The molecular formula is C12H21N3O. The average molecular weight is 223 g/mol. The van der Waals surface area contributed by atoms with Gasteiger partial charge < -0.3 is 10.1 Å². The van der Waals surface area contributed by atoms with Gasteiger partial charge in [0.2, 0.25) is 0 Å². The van der Waals surface area contributed by atoms with Gasteiger partial charge in [-0.1, -0.05) is 6.92 Å². The number of rotatable bonds is 4. The minimum atomic E-state index is 0.425. The van der Waals surface area contributed by atoms with Crippen molar-refractivity contribution in [2.24, 2.45) is 0 Å². The van der Waals surface area contributed by atoms with Crippen molar-refractivity contribution < 1.29 is 4.74 Å². The Morgan fingerprint density at radius 2 is 2.31 bits per heavy atom. The lowest BCUT2D eigenvalue weighted by atomic mass is 10.1. The van der Waals surface area contributed by atoms with Crippen LogP contribution in [0.15, 0.2) is 12.4 Å². The van der Waals surface area contributed by atoms with Crippen molar-refractivity contribution in [2.75, 3.05) is 20.3 Å². The lowest BCUT2D eigenvalue weighted by molar-refractivity contribution is 0.0662. The number of hydrogen-bond acceptors (Lipinski definition) is 3. The van der Waals surface area contributed by atoms with E-state index in [1.807, 2.05) is 13.2 Å². The van der Waals surface area contributed by atoms with Gasteiger partial charge >= 0.3 is 0 Å². The van der Waals surface area contributed by atoms with Crippen molar-refractivity contribution in [3.8, 4) is 0 Å². The molecule has 1 saturated heterocycles. The topological polar surface area (TPSA) is 39.1 Å². The Hall–Kier alpha value is -0.870. The summed E-state index contributed by atoms with van der Waals surface area (Å²) >= 11 is 0. The monoisotopic (exact) mass is 223 g/mol. The molecular weight excluding hydrogens is 202 g/mol. The smallest absolute Gasteiger partial charge is 0.0563 e. The van der Waals surface area contributed by atoms with Crippen LogP contribution in [0.25, 0.3) is 0 Å². The summed E-state index contributed by atoms with van der Waals surface area (Å²) < 4.78 is 7.47. The van der Waals surface area contributed by atoms with E-state index in [1.54, 1.807) is 0 Å². The molecule has 1 aliphatic rings. The molecule has 2 rings (SSSR count). The first kappa shape index (κ1) is 11.6. The van der Waals surface area contributed by atoms with Gasteiger partial charge in [0.25, 0.3) is 0 Å². The molecule has 1 atom stereocenters. The summed E-state index contributed by atoms with van der Waals surface area (Å²) in [6.07, 6.45) is 7.42. The fourth-order valence-electron chi connectivity index (χ4n) is 2.29. The Balaban J connectivity index is 2.05. The van der Waals surface area contributed by atoms with Gasteiger partial charge in [0, 0.05) is 31.0 Å². The molecule has 0 spiro atoms. The third kappa shape index (κ3) is 2.44. The molecule has 16 heavy (non-hydrogen) atoms. The molecule has 0 radical (unpaired) electrons. The molecule has 4 nitrogen and oxygen atoms in total. The highest BCUT2D eigenvalue weighted by molar-refractivity contribution is 5.10. The zero-order valence-electron chi connectivity index (χ0n) is 10.1. The predicted octanol–water partition coefficient (Wildman–Crippen LogP) is 1.91. The van der Waals surface area contributed by atoms with E-state index in [4.69, 9.17) is 4.74 Å². The van der Waals surface area contributed by atoms with E-state index in [0.717, 1.165) is 32.5 Å². The van der Waals surface area contributed by atoms with Crippen LogP contribution in [0.2, 0.25) is 0 Å². The maximum atomic E-state index is 5.36. The van der Waals surface area contributed by atoms with Crippen LogP contribution in [-0.4, -0.2) is 30.0 Å². The Morgan fingerprint density at radius 1 is 1.56 bits per heavy atom. The van der Waals surface area contributed by atoms with Gasteiger partial charge in [0.05, 0.1) is 12.2 Å². The largest absolute Gasteiger partial charge is 0.381 e. The van der Waals surface area contributed by atoms with Crippen LogP contribution in [0.1, 0.15) is 43.8 Å². The zero-order chi connectivity index (χ0) is 11.4. The SMILES string of the molecule is CCC(NC)c1cnn(C2CCOCC2)c1. The van der Waals surface area contributed by atoms with Crippen molar-refractivity contribution in [3.63, 3.8) is 0 Å². The number of nitrogens with zero attached hydrogens (tertiary/aromatic N) is 2. The molecule has 4 heteroatoms. The first-order valence-corrected chi connectivity index (χ1v) is 6.14. The van der Waals surface area contributed by atoms with Gasteiger partial charge in [-0.25, -0.2) is 0 Å². The van der Waals surface area contributed by atoms with Crippen molar-refractivity contribution in [1.29, 1.82) is 0 Å². The first-order chi connectivity index (χ1) is 7.85. The highest BCUT2D eigenvalue weighted by Crippen LogP contribution is 2.22. The summed E-state index contributed by atoms with van der Waals surface area (Å²) in [5.41, 5.74) is 1.29. The lowest BCUT2D eigenvalue weighted by Gasteiger charge is -2.22. The second-order valence-corrected chi connectivity index (χ2v) is 4.35. The summed E-state index contributed by atoms with van der Waals surface area (Å²) in [7, 11) is 2.00. The van der Waals surface area contributed by atoms with Gasteiger partial charge in [-0.15, -0.1) is 0 Å². The fourth-order valence-corrected chi connectivity index (χ4v) is 2.29. The maximum absolute atomic E-state index is 5.36. The van der Waals surface area contributed by atoms with E-state index in [1.165, 1.54) is 5.56 Å². The quantitative estimate of drug-likeness (QED) is 0.847. The highest BCUT2D eigenvalue weighted by atomic mass is 16.5. The Morgan fingerprint density at radius 3 is 2.94 bits per heavy atom. The van der Waals surface area contributed by atoms with Crippen molar-refractivity contribution >= 4 is 0 Å². The maximum Gasteiger partial charge on any atom is 0.0563 e.